The second-order valence-electron chi connectivity index (χ2n) is 4.80. The normalized spacial score (nSPS) is 12.4. The van der Waals surface area contributed by atoms with Crippen molar-refractivity contribution in [2.24, 2.45) is 5.92 Å². The van der Waals surface area contributed by atoms with E-state index in [9.17, 15) is 14.5 Å². The van der Waals surface area contributed by atoms with E-state index in [1.165, 1.54) is 18.2 Å². The van der Waals surface area contributed by atoms with Gasteiger partial charge in [-0.05, 0) is 23.4 Å². The maximum atomic E-state index is 13.6. The minimum Gasteiger partial charge on any atom is -0.377 e. The van der Waals surface area contributed by atoms with E-state index in [-0.39, 0.29) is 6.04 Å². The van der Waals surface area contributed by atoms with E-state index in [1.54, 1.807) is 11.3 Å². The number of rotatable bonds is 5. The lowest BCUT2D eigenvalue weighted by atomic mass is 10.0. The Bertz CT molecular complexity index is 599. The Morgan fingerprint density at radius 1 is 1.35 bits per heavy atom. The molecule has 1 aromatic heterocycles. The van der Waals surface area contributed by atoms with Crippen LogP contribution in [0.15, 0.2) is 35.7 Å². The number of nitrogens with zero attached hydrogens (tertiary/aromatic N) is 1. The number of hydrogen-bond acceptors (Lipinski definition) is 4. The highest BCUT2D eigenvalue weighted by Crippen LogP contribution is 2.31. The van der Waals surface area contributed by atoms with Crippen molar-refractivity contribution < 1.29 is 9.31 Å². The van der Waals surface area contributed by atoms with Crippen molar-refractivity contribution in [3.8, 4) is 0 Å². The summed E-state index contributed by atoms with van der Waals surface area (Å²) in [7, 11) is 0. The SMILES string of the molecule is CC(C)C(Nc1ccc([N+](=O)[O-])c(F)c1)c1cccs1. The predicted molar refractivity (Wildman–Crippen MR) is 78.6 cm³/mol. The van der Waals surface area contributed by atoms with Crippen molar-refractivity contribution in [2.45, 2.75) is 19.9 Å². The zero-order valence-corrected chi connectivity index (χ0v) is 12.0. The van der Waals surface area contributed by atoms with Gasteiger partial charge in [0.1, 0.15) is 0 Å². The largest absolute Gasteiger partial charge is 0.377 e. The van der Waals surface area contributed by atoms with Crippen molar-refractivity contribution in [1.82, 2.24) is 0 Å². The van der Waals surface area contributed by atoms with Gasteiger partial charge < -0.3 is 5.32 Å². The molecule has 0 aliphatic carbocycles. The van der Waals surface area contributed by atoms with Gasteiger partial charge in [-0.3, -0.25) is 10.1 Å². The molecule has 0 radical (unpaired) electrons. The molecular formula is C14H15FN2O2S. The fraction of sp³-hybridized carbons (Fsp3) is 0.286. The van der Waals surface area contributed by atoms with Crippen LogP contribution in [0.3, 0.4) is 0 Å². The van der Waals surface area contributed by atoms with Gasteiger partial charge in [0.05, 0.1) is 11.0 Å². The van der Waals surface area contributed by atoms with Crippen molar-refractivity contribution in [3.63, 3.8) is 0 Å². The van der Waals surface area contributed by atoms with Gasteiger partial charge in [0.2, 0.25) is 5.82 Å². The van der Waals surface area contributed by atoms with Crippen LogP contribution in [0.25, 0.3) is 0 Å². The van der Waals surface area contributed by atoms with E-state index < -0.39 is 16.4 Å². The van der Waals surface area contributed by atoms with E-state index in [2.05, 4.69) is 19.2 Å². The molecule has 0 aliphatic rings. The maximum absolute atomic E-state index is 13.6. The quantitative estimate of drug-likeness (QED) is 0.647. The third kappa shape index (κ3) is 3.14. The molecule has 1 aromatic carbocycles. The summed E-state index contributed by atoms with van der Waals surface area (Å²) in [5.74, 6) is -0.513. The van der Waals surface area contributed by atoms with E-state index in [0.717, 1.165) is 4.88 Å². The number of nitro groups is 1. The highest BCUT2D eigenvalue weighted by Gasteiger charge is 2.19. The standard InChI is InChI=1S/C14H15FN2O2S/c1-9(2)14(13-4-3-7-20-13)16-10-5-6-12(17(18)19)11(15)8-10/h3-9,14,16H,1-2H3. The number of thiophene rings is 1. The summed E-state index contributed by atoms with van der Waals surface area (Å²) in [5.41, 5.74) is 0.0352. The average molecular weight is 294 g/mol. The van der Waals surface area contributed by atoms with E-state index >= 15 is 0 Å². The Hall–Kier alpha value is -1.95. The highest BCUT2D eigenvalue weighted by atomic mass is 32.1. The van der Waals surface area contributed by atoms with Gasteiger partial charge in [0, 0.05) is 22.7 Å². The topological polar surface area (TPSA) is 55.2 Å². The summed E-state index contributed by atoms with van der Waals surface area (Å²) >= 11 is 1.63. The Labute approximate surface area is 120 Å². The van der Waals surface area contributed by atoms with Crippen LogP contribution in [-0.4, -0.2) is 4.92 Å². The number of nitrogens with one attached hydrogen (secondary N) is 1. The van der Waals surface area contributed by atoms with Gasteiger partial charge in [-0.1, -0.05) is 19.9 Å². The van der Waals surface area contributed by atoms with Crippen LogP contribution >= 0.6 is 11.3 Å². The third-order valence-electron chi connectivity index (χ3n) is 2.98. The molecule has 0 bridgehead atoms. The molecule has 0 saturated carbocycles. The Morgan fingerprint density at radius 3 is 2.60 bits per heavy atom. The van der Waals surface area contributed by atoms with Gasteiger partial charge in [-0.2, -0.15) is 4.39 Å². The molecule has 2 rings (SSSR count). The number of benzene rings is 1. The zero-order valence-electron chi connectivity index (χ0n) is 11.2. The minimum atomic E-state index is -0.825. The smallest absolute Gasteiger partial charge is 0.304 e. The molecule has 1 unspecified atom stereocenters. The number of nitro benzene ring substituents is 1. The molecule has 106 valence electrons. The van der Waals surface area contributed by atoms with E-state index in [4.69, 9.17) is 0 Å². The van der Waals surface area contributed by atoms with E-state index in [0.29, 0.717) is 11.6 Å². The Kier molecular flexibility index (Phi) is 4.34. The molecule has 20 heavy (non-hydrogen) atoms. The molecular weight excluding hydrogens is 279 g/mol. The lowest BCUT2D eigenvalue weighted by Crippen LogP contribution is -2.15. The summed E-state index contributed by atoms with van der Waals surface area (Å²) < 4.78 is 13.6. The average Bonchev–Trinajstić information content (AvgIpc) is 2.88. The van der Waals surface area contributed by atoms with E-state index in [1.807, 2.05) is 17.5 Å². The second-order valence-corrected chi connectivity index (χ2v) is 5.78. The number of halogens is 1. The summed E-state index contributed by atoms with van der Waals surface area (Å²) in [6.07, 6.45) is 0. The summed E-state index contributed by atoms with van der Waals surface area (Å²) in [6, 6.07) is 7.92. The summed E-state index contributed by atoms with van der Waals surface area (Å²) in [5, 5.41) is 15.8. The van der Waals surface area contributed by atoms with Gasteiger partial charge in [-0.15, -0.1) is 11.3 Å². The van der Waals surface area contributed by atoms with Crippen molar-refractivity contribution in [2.75, 3.05) is 5.32 Å². The Balaban J connectivity index is 2.24. The number of anilines is 1. The van der Waals surface area contributed by atoms with Crippen LogP contribution in [0.4, 0.5) is 15.8 Å². The van der Waals surface area contributed by atoms with Crippen molar-refractivity contribution in [1.29, 1.82) is 0 Å². The van der Waals surface area contributed by atoms with Crippen LogP contribution in [0.5, 0.6) is 0 Å². The molecule has 0 spiro atoms. The first-order chi connectivity index (χ1) is 9.49. The molecule has 0 aliphatic heterocycles. The van der Waals surface area contributed by atoms with Crippen LogP contribution in [0.1, 0.15) is 24.8 Å². The first-order valence-electron chi connectivity index (χ1n) is 6.23. The molecule has 1 N–H and O–H groups in total. The van der Waals surface area contributed by atoms with Gasteiger partial charge >= 0.3 is 5.69 Å². The fourth-order valence-electron chi connectivity index (χ4n) is 1.96. The molecule has 0 amide bonds. The van der Waals surface area contributed by atoms with Crippen molar-refractivity contribution >= 4 is 22.7 Å². The molecule has 6 heteroatoms. The number of hydrogen-bond donors (Lipinski definition) is 1. The molecule has 1 atom stereocenters. The highest BCUT2D eigenvalue weighted by molar-refractivity contribution is 7.10. The summed E-state index contributed by atoms with van der Waals surface area (Å²) in [6.45, 7) is 4.14. The monoisotopic (exact) mass is 294 g/mol. The van der Waals surface area contributed by atoms with Crippen molar-refractivity contribution in [3.05, 3.63) is 56.5 Å². The fourth-order valence-corrected chi connectivity index (χ4v) is 2.91. The second kappa shape index (κ2) is 6.00. The zero-order chi connectivity index (χ0) is 14.7. The molecule has 0 fully saturated rings. The lowest BCUT2D eigenvalue weighted by molar-refractivity contribution is -0.387. The maximum Gasteiger partial charge on any atom is 0.304 e. The molecule has 0 saturated heterocycles. The first kappa shape index (κ1) is 14.5. The summed E-state index contributed by atoms with van der Waals surface area (Å²) in [4.78, 5) is 11.0. The first-order valence-corrected chi connectivity index (χ1v) is 7.11. The van der Waals surface area contributed by atoms with Crippen LogP contribution in [0, 0.1) is 21.8 Å². The predicted octanol–water partition coefficient (Wildman–Crippen LogP) is 4.60. The Morgan fingerprint density at radius 2 is 2.10 bits per heavy atom. The van der Waals surface area contributed by atoms with Crippen LogP contribution < -0.4 is 5.32 Å². The third-order valence-corrected chi connectivity index (χ3v) is 3.94. The molecule has 4 nitrogen and oxygen atoms in total. The minimum absolute atomic E-state index is 0.0517. The lowest BCUT2D eigenvalue weighted by Gasteiger charge is -2.22. The van der Waals surface area contributed by atoms with Gasteiger partial charge in [0.25, 0.3) is 0 Å². The van der Waals surface area contributed by atoms with Crippen LogP contribution in [-0.2, 0) is 0 Å². The van der Waals surface area contributed by atoms with Crippen LogP contribution in [0.2, 0.25) is 0 Å². The van der Waals surface area contributed by atoms with Gasteiger partial charge in [-0.25, -0.2) is 0 Å². The molecule has 2 aromatic rings. The van der Waals surface area contributed by atoms with Gasteiger partial charge in [0.15, 0.2) is 0 Å². The molecule has 1 heterocycles.